The second-order valence-electron chi connectivity index (χ2n) is 4.84. The van der Waals surface area contributed by atoms with Gasteiger partial charge in [-0.15, -0.1) is 0 Å². The minimum absolute atomic E-state index is 0.448. The molecule has 3 heteroatoms. The third kappa shape index (κ3) is 2.96. The van der Waals surface area contributed by atoms with Crippen molar-refractivity contribution in [2.45, 2.75) is 31.6 Å². The highest BCUT2D eigenvalue weighted by molar-refractivity contribution is 6.36. The Bertz CT molecular complexity index is 352. The van der Waals surface area contributed by atoms with Gasteiger partial charge in [-0.25, -0.2) is 0 Å². The van der Waals surface area contributed by atoms with Crippen molar-refractivity contribution in [2.75, 3.05) is 13.6 Å². The lowest BCUT2D eigenvalue weighted by atomic mass is 9.84. The predicted octanol–water partition coefficient (Wildman–Crippen LogP) is 4.49. The van der Waals surface area contributed by atoms with Gasteiger partial charge >= 0.3 is 0 Å². The molecule has 2 rings (SSSR count). The molecule has 1 aromatic carbocycles. The van der Waals surface area contributed by atoms with Gasteiger partial charge in [0.25, 0.3) is 0 Å². The molecule has 1 aliphatic rings. The Morgan fingerprint density at radius 2 is 1.82 bits per heavy atom. The maximum absolute atomic E-state index is 6.33. The normalized spacial score (nSPS) is 18.5. The van der Waals surface area contributed by atoms with Crippen molar-refractivity contribution in [3.8, 4) is 0 Å². The van der Waals surface area contributed by atoms with Crippen LogP contribution in [-0.2, 0) is 0 Å². The molecular formula is C14H19Cl2N. The van der Waals surface area contributed by atoms with E-state index in [0.717, 1.165) is 28.1 Å². The molecule has 1 nitrogen and oxygen atoms in total. The van der Waals surface area contributed by atoms with Crippen LogP contribution >= 0.6 is 23.2 Å². The van der Waals surface area contributed by atoms with Crippen molar-refractivity contribution in [3.05, 3.63) is 33.8 Å². The molecule has 0 radical (unpaired) electrons. The number of hydrogen-bond donors (Lipinski definition) is 1. The largest absolute Gasteiger partial charge is 0.319 e. The maximum Gasteiger partial charge on any atom is 0.0456 e. The highest BCUT2D eigenvalue weighted by Crippen LogP contribution is 2.42. The van der Waals surface area contributed by atoms with E-state index >= 15 is 0 Å². The number of nitrogens with one attached hydrogen (secondary N) is 1. The van der Waals surface area contributed by atoms with Gasteiger partial charge in [0.2, 0.25) is 0 Å². The summed E-state index contributed by atoms with van der Waals surface area (Å²) in [5, 5.41) is 4.90. The second kappa shape index (κ2) is 6.08. The van der Waals surface area contributed by atoms with Gasteiger partial charge in [0.1, 0.15) is 0 Å². The molecular weight excluding hydrogens is 253 g/mol. The highest BCUT2D eigenvalue weighted by Gasteiger charge is 2.28. The fourth-order valence-corrected chi connectivity index (χ4v) is 3.63. The summed E-state index contributed by atoms with van der Waals surface area (Å²) in [4.78, 5) is 0. The third-order valence-electron chi connectivity index (χ3n) is 3.76. The van der Waals surface area contributed by atoms with Gasteiger partial charge in [-0.05, 0) is 43.5 Å². The Morgan fingerprint density at radius 3 is 2.35 bits per heavy atom. The van der Waals surface area contributed by atoms with Crippen molar-refractivity contribution < 1.29 is 0 Å². The molecule has 0 heterocycles. The topological polar surface area (TPSA) is 12.0 Å². The summed E-state index contributed by atoms with van der Waals surface area (Å²) in [5.74, 6) is 1.17. The number of hydrogen-bond acceptors (Lipinski definition) is 1. The Labute approximate surface area is 114 Å². The molecule has 1 unspecified atom stereocenters. The first-order chi connectivity index (χ1) is 8.24. The lowest BCUT2D eigenvalue weighted by molar-refractivity contribution is 0.421. The molecule has 1 aromatic rings. The number of halogens is 2. The van der Waals surface area contributed by atoms with Crippen molar-refractivity contribution in [1.29, 1.82) is 0 Å². The zero-order valence-corrected chi connectivity index (χ0v) is 11.7. The number of likely N-dealkylation sites (N-methyl/N-ethyl adjacent to an activating group) is 1. The smallest absolute Gasteiger partial charge is 0.0456 e. The molecule has 17 heavy (non-hydrogen) atoms. The van der Waals surface area contributed by atoms with Crippen LogP contribution in [-0.4, -0.2) is 13.6 Å². The Balaban J connectivity index is 2.31. The Hall–Kier alpha value is -0.240. The molecule has 0 spiro atoms. The summed E-state index contributed by atoms with van der Waals surface area (Å²) in [7, 11) is 1.99. The van der Waals surface area contributed by atoms with Crippen LogP contribution in [0.4, 0.5) is 0 Å². The Morgan fingerprint density at radius 1 is 1.24 bits per heavy atom. The molecule has 0 aromatic heterocycles. The van der Waals surface area contributed by atoms with Crippen LogP contribution in [0.5, 0.6) is 0 Å². The fourth-order valence-electron chi connectivity index (χ4n) is 2.95. The predicted molar refractivity (Wildman–Crippen MR) is 75.1 cm³/mol. The van der Waals surface area contributed by atoms with E-state index < -0.39 is 0 Å². The van der Waals surface area contributed by atoms with E-state index in [4.69, 9.17) is 23.2 Å². The third-order valence-corrected chi connectivity index (χ3v) is 4.42. The molecule has 0 aliphatic heterocycles. The van der Waals surface area contributed by atoms with Gasteiger partial charge < -0.3 is 5.32 Å². The fraction of sp³-hybridized carbons (Fsp3) is 0.571. The molecule has 0 saturated heterocycles. The highest BCUT2D eigenvalue weighted by atomic mass is 35.5. The molecule has 94 valence electrons. The minimum Gasteiger partial charge on any atom is -0.319 e. The van der Waals surface area contributed by atoms with Crippen molar-refractivity contribution in [2.24, 2.45) is 5.92 Å². The van der Waals surface area contributed by atoms with Crippen LogP contribution < -0.4 is 5.32 Å². The van der Waals surface area contributed by atoms with Crippen molar-refractivity contribution in [3.63, 3.8) is 0 Å². The second-order valence-corrected chi connectivity index (χ2v) is 5.66. The molecule has 0 amide bonds. The van der Waals surface area contributed by atoms with E-state index in [0.29, 0.717) is 5.92 Å². The van der Waals surface area contributed by atoms with E-state index in [9.17, 15) is 0 Å². The van der Waals surface area contributed by atoms with Gasteiger partial charge in [0.15, 0.2) is 0 Å². The van der Waals surface area contributed by atoms with Crippen molar-refractivity contribution in [1.82, 2.24) is 5.32 Å². The molecule has 1 aliphatic carbocycles. The quantitative estimate of drug-likeness (QED) is 0.851. The van der Waals surface area contributed by atoms with E-state index in [-0.39, 0.29) is 0 Å². The molecule has 0 bridgehead atoms. The first kappa shape index (κ1) is 13.2. The summed E-state index contributed by atoms with van der Waals surface area (Å²) >= 11 is 12.7. The van der Waals surface area contributed by atoms with Crippen LogP contribution in [0.15, 0.2) is 18.2 Å². The van der Waals surface area contributed by atoms with Crippen molar-refractivity contribution >= 4 is 23.2 Å². The average Bonchev–Trinajstić information content (AvgIpc) is 2.80. The first-order valence-electron chi connectivity index (χ1n) is 6.32. The zero-order valence-electron chi connectivity index (χ0n) is 10.2. The lowest BCUT2D eigenvalue weighted by Crippen LogP contribution is -2.23. The van der Waals surface area contributed by atoms with E-state index in [1.54, 1.807) is 0 Å². The van der Waals surface area contributed by atoms with Crippen LogP contribution in [0.2, 0.25) is 10.0 Å². The Kier molecular flexibility index (Phi) is 4.72. The number of rotatable bonds is 4. The number of benzene rings is 1. The van der Waals surface area contributed by atoms with Crippen LogP contribution in [0.25, 0.3) is 0 Å². The van der Waals surface area contributed by atoms with Gasteiger partial charge in [0, 0.05) is 22.5 Å². The SMILES string of the molecule is CNCC(c1c(Cl)cccc1Cl)C1CCCC1. The van der Waals surface area contributed by atoms with Crippen LogP contribution in [0, 0.1) is 5.92 Å². The van der Waals surface area contributed by atoms with Gasteiger partial charge in [0.05, 0.1) is 0 Å². The lowest BCUT2D eigenvalue weighted by Gasteiger charge is -2.25. The summed E-state index contributed by atoms with van der Waals surface area (Å²) in [5.41, 5.74) is 1.14. The van der Waals surface area contributed by atoms with Crippen LogP contribution in [0.1, 0.15) is 37.2 Å². The molecule has 1 saturated carbocycles. The molecule has 1 atom stereocenters. The van der Waals surface area contributed by atoms with Gasteiger partial charge in [-0.3, -0.25) is 0 Å². The minimum atomic E-state index is 0.448. The average molecular weight is 272 g/mol. The monoisotopic (exact) mass is 271 g/mol. The summed E-state index contributed by atoms with van der Waals surface area (Å²) in [6.45, 7) is 0.952. The summed E-state index contributed by atoms with van der Waals surface area (Å²) < 4.78 is 0. The van der Waals surface area contributed by atoms with E-state index in [1.807, 2.05) is 25.2 Å². The summed E-state index contributed by atoms with van der Waals surface area (Å²) in [6, 6.07) is 5.81. The van der Waals surface area contributed by atoms with E-state index in [2.05, 4.69) is 5.32 Å². The molecule has 1 fully saturated rings. The maximum atomic E-state index is 6.33. The van der Waals surface area contributed by atoms with Crippen LogP contribution in [0.3, 0.4) is 0 Å². The van der Waals surface area contributed by atoms with Gasteiger partial charge in [-0.1, -0.05) is 42.1 Å². The standard InChI is InChI=1S/C14H19Cl2N/c1-17-9-11(10-5-2-3-6-10)14-12(15)7-4-8-13(14)16/h4,7-8,10-11,17H,2-3,5-6,9H2,1H3. The zero-order chi connectivity index (χ0) is 12.3. The van der Waals surface area contributed by atoms with E-state index in [1.165, 1.54) is 25.7 Å². The molecule has 1 N–H and O–H groups in total. The first-order valence-corrected chi connectivity index (χ1v) is 7.08. The summed E-state index contributed by atoms with van der Waals surface area (Å²) in [6.07, 6.45) is 5.28. The van der Waals surface area contributed by atoms with Gasteiger partial charge in [-0.2, -0.15) is 0 Å².